The molecule has 0 saturated heterocycles. The highest BCUT2D eigenvalue weighted by Gasteiger charge is 2.39. The Bertz CT molecular complexity index is 448. The van der Waals surface area contributed by atoms with Crippen LogP contribution in [0.4, 0.5) is 4.39 Å². The first-order chi connectivity index (χ1) is 8.99. The zero-order valence-corrected chi connectivity index (χ0v) is 12.1. The second kappa shape index (κ2) is 5.49. The van der Waals surface area contributed by atoms with Crippen molar-refractivity contribution >= 4 is 0 Å². The highest BCUT2D eigenvalue weighted by Crippen LogP contribution is 2.43. The van der Waals surface area contributed by atoms with E-state index in [2.05, 4.69) is 20.8 Å². The topological polar surface area (TPSA) is 35.2 Å². The van der Waals surface area contributed by atoms with Crippen LogP contribution in [0.3, 0.4) is 0 Å². The molecule has 19 heavy (non-hydrogen) atoms. The van der Waals surface area contributed by atoms with E-state index in [-0.39, 0.29) is 17.5 Å². The fourth-order valence-corrected chi connectivity index (χ4v) is 2.95. The highest BCUT2D eigenvalue weighted by molar-refractivity contribution is 5.39. The maximum Gasteiger partial charge on any atom is 0.127 e. The molecule has 2 unspecified atom stereocenters. The first-order valence-electron chi connectivity index (χ1n) is 7.23. The normalized spacial score (nSPS) is 27.5. The number of fused-ring (bicyclic) bond motifs is 1. The van der Waals surface area contributed by atoms with Crippen molar-refractivity contribution in [3.05, 3.63) is 29.6 Å². The number of nitrogens with two attached hydrogens (primary N) is 1. The van der Waals surface area contributed by atoms with Crippen molar-refractivity contribution in [2.45, 2.75) is 58.1 Å². The smallest absolute Gasteiger partial charge is 0.127 e. The van der Waals surface area contributed by atoms with Gasteiger partial charge in [0.25, 0.3) is 0 Å². The molecule has 2 rings (SSSR count). The van der Waals surface area contributed by atoms with Gasteiger partial charge >= 0.3 is 0 Å². The molecular formula is C16H24FNO. The third-order valence-electron chi connectivity index (χ3n) is 4.36. The Balaban J connectivity index is 2.30. The van der Waals surface area contributed by atoms with E-state index in [0.717, 1.165) is 31.2 Å². The molecular weight excluding hydrogens is 241 g/mol. The number of hydrogen-bond donors (Lipinski definition) is 1. The average Bonchev–Trinajstić information content (AvgIpc) is 2.38. The fraction of sp³-hybridized carbons (Fsp3) is 0.625. The Labute approximate surface area is 115 Å². The first-order valence-corrected chi connectivity index (χ1v) is 7.23. The van der Waals surface area contributed by atoms with Gasteiger partial charge < -0.3 is 10.5 Å². The van der Waals surface area contributed by atoms with Gasteiger partial charge in [-0.3, -0.25) is 0 Å². The number of halogens is 1. The van der Waals surface area contributed by atoms with E-state index in [9.17, 15) is 4.39 Å². The zero-order chi connectivity index (χ0) is 14.0. The summed E-state index contributed by atoms with van der Waals surface area (Å²) in [6.07, 6.45) is 3.81. The van der Waals surface area contributed by atoms with Crippen molar-refractivity contribution in [2.24, 2.45) is 11.7 Å². The van der Waals surface area contributed by atoms with Gasteiger partial charge in [0.15, 0.2) is 0 Å². The first kappa shape index (κ1) is 14.3. The van der Waals surface area contributed by atoms with Gasteiger partial charge in [-0.1, -0.05) is 33.3 Å². The molecule has 2 N–H and O–H groups in total. The Morgan fingerprint density at radius 3 is 2.84 bits per heavy atom. The maximum absolute atomic E-state index is 13.4. The lowest BCUT2D eigenvalue weighted by Gasteiger charge is -2.42. The molecule has 0 amide bonds. The monoisotopic (exact) mass is 265 g/mol. The zero-order valence-electron chi connectivity index (χ0n) is 12.1. The van der Waals surface area contributed by atoms with Crippen molar-refractivity contribution in [3.8, 4) is 5.75 Å². The minimum Gasteiger partial charge on any atom is -0.487 e. The Kier molecular flexibility index (Phi) is 4.14. The van der Waals surface area contributed by atoms with Gasteiger partial charge in [0.05, 0.1) is 0 Å². The Morgan fingerprint density at radius 1 is 1.47 bits per heavy atom. The lowest BCUT2D eigenvalue weighted by molar-refractivity contribution is 0.0101. The van der Waals surface area contributed by atoms with Crippen LogP contribution in [-0.4, -0.2) is 5.60 Å². The van der Waals surface area contributed by atoms with Crippen molar-refractivity contribution in [1.29, 1.82) is 0 Å². The van der Waals surface area contributed by atoms with Crippen molar-refractivity contribution in [1.82, 2.24) is 0 Å². The third-order valence-corrected chi connectivity index (χ3v) is 4.36. The van der Waals surface area contributed by atoms with E-state index in [4.69, 9.17) is 10.5 Å². The van der Waals surface area contributed by atoms with Crippen LogP contribution >= 0.6 is 0 Å². The van der Waals surface area contributed by atoms with E-state index in [0.29, 0.717) is 11.7 Å². The van der Waals surface area contributed by atoms with E-state index in [1.807, 2.05) is 0 Å². The molecule has 1 heterocycles. The largest absolute Gasteiger partial charge is 0.487 e. The summed E-state index contributed by atoms with van der Waals surface area (Å²) < 4.78 is 19.6. The molecule has 0 saturated carbocycles. The molecule has 0 aromatic heterocycles. The third kappa shape index (κ3) is 2.92. The van der Waals surface area contributed by atoms with Crippen molar-refractivity contribution in [2.75, 3.05) is 0 Å². The highest BCUT2D eigenvalue weighted by atomic mass is 19.1. The van der Waals surface area contributed by atoms with Crippen molar-refractivity contribution < 1.29 is 9.13 Å². The second-order valence-corrected chi connectivity index (χ2v) is 5.85. The van der Waals surface area contributed by atoms with Crippen LogP contribution in [0.5, 0.6) is 5.75 Å². The standard InChI is InChI=1S/C16H24FNO/c1-4-11(3)9-16(5-2)10-14(18)13-7-6-12(17)8-15(13)19-16/h6-8,11,14H,4-5,9-10,18H2,1-3H3/t11?,14-,16?/m0/s1. The van der Waals surface area contributed by atoms with Crippen LogP contribution in [0.25, 0.3) is 0 Å². The molecule has 1 aliphatic heterocycles. The van der Waals surface area contributed by atoms with Crippen LogP contribution in [0.15, 0.2) is 18.2 Å². The quantitative estimate of drug-likeness (QED) is 0.885. The molecule has 3 heteroatoms. The van der Waals surface area contributed by atoms with Gasteiger partial charge in [0.1, 0.15) is 17.2 Å². The summed E-state index contributed by atoms with van der Waals surface area (Å²) >= 11 is 0. The summed E-state index contributed by atoms with van der Waals surface area (Å²) in [6, 6.07) is 4.61. The second-order valence-electron chi connectivity index (χ2n) is 5.85. The summed E-state index contributed by atoms with van der Waals surface area (Å²) in [5, 5.41) is 0. The minimum atomic E-state index is -0.263. The number of benzene rings is 1. The lowest BCUT2D eigenvalue weighted by Crippen LogP contribution is -2.43. The van der Waals surface area contributed by atoms with E-state index < -0.39 is 0 Å². The average molecular weight is 265 g/mol. The molecule has 2 nitrogen and oxygen atoms in total. The van der Waals surface area contributed by atoms with Crippen LogP contribution < -0.4 is 10.5 Å². The van der Waals surface area contributed by atoms with Gasteiger partial charge in [-0.05, 0) is 24.8 Å². The molecule has 0 radical (unpaired) electrons. The van der Waals surface area contributed by atoms with Crippen LogP contribution in [0.1, 0.15) is 58.1 Å². The van der Waals surface area contributed by atoms with E-state index >= 15 is 0 Å². The molecule has 0 bridgehead atoms. The number of rotatable bonds is 4. The summed E-state index contributed by atoms with van der Waals surface area (Å²) in [5.41, 5.74) is 6.95. The Hall–Kier alpha value is -1.09. The molecule has 1 aliphatic rings. The number of ether oxygens (including phenoxy) is 1. The van der Waals surface area contributed by atoms with Crippen molar-refractivity contribution in [3.63, 3.8) is 0 Å². The number of hydrogen-bond acceptors (Lipinski definition) is 2. The SMILES string of the molecule is CCC(C)CC1(CC)C[C@H](N)c2ccc(F)cc2O1. The summed E-state index contributed by atoms with van der Waals surface area (Å²) in [6.45, 7) is 6.54. The molecule has 0 aliphatic carbocycles. The molecule has 0 spiro atoms. The molecule has 1 aromatic carbocycles. The van der Waals surface area contributed by atoms with E-state index in [1.54, 1.807) is 6.07 Å². The van der Waals surface area contributed by atoms with Gasteiger partial charge in [-0.2, -0.15) is 0 Å². The van der Waals surface area contributed by atoms with Crippen LogP contribution in [0.2, 0.25) is 0 Å². The fourth-order valence-electron chi connectivity index (χ4n) is 2.95. The van der Waals surface area contributed by atoms with Gasteiger partial charge in [-0.15, -0.1) is 0 Å². The summed E-state index contributed by atoms with van der Waals surface area (Å²) in [4.78, 5) is 0. The summed E-state index contributed by atoms with van der Waals surface area (Å²) in [7, 11) is 0. The maximum atomic E-state index is 13.4. The Morgan fingerprint density at radius 2 is 2.21 bits per heavy atom. The van der Waals surface area contributed by atoms with Gasteiger partial charge in [-0.25, -0.2) is 4.39 Å². The molecule has 3 atom stereocenters. The van der Waals surface area contributed by atoms with Gasteiger partial charge in [0, 0.05) is 24.1 Å². The van der Waals surface area contributed by atoms with Gasteiger partial charge in [0.2, 0.25) is 0 Å². The predicted octanol–water partition coefficient (Wildman–Crippen LogP) is 4.19. The molecule has 1 aromatic rings. The molecule has 106 valence electrons. The molecule has 0 fully saturated rings. The van der Waals surface area contributed by atoms with Crippen LogP contribution in [0, 0.1) is 11.7 Å². The summed E-state index contributed by atoms with van der Waals surface area (Å²) in [5.74, 6) is 0.951. The predicted molar refractivity (Wildman–Crippen MR) is 75.7 cm³/mol. The van der Waals surface area contributed by atoms with Crippen LogP contribution in [-0.2, 0) is 0 Å². The minimum absolute atomic E-state index is 0.0617. The lowest BCUT2D eigenvalue weighted by atomic mass is 9.79. The van der Waals surface area contributed by atoms with E-state index in [1.165, 1.54) is 12.1 Å².